The van der Waals surface area contributed by atoms with Gasteiger partial charge >= 0.3 is 0 Å². The monoisotopic (exact) mass is 198 g/mol. The number of aliphatic hydroxyl groups is 1. The first kappa shape index (κ1) is 10.5. The predicted molar refractivity (Wildman–Crippen MR) is 53.4 cm³/mol. The smallest absolute Gasteiger partial charge is 0.225 e. The van der Waals surface area contributed by atoms with Crippen molar-refractivity contribution in [2.24, 2.45) is 0 Å². The fraction of sp³-hybridized carbons (Fsp3) is 0.500. The molecule has 0 fully saturated rings. The molecular formula is C8H14N4O2. The normalized spacial score (nSPS) is 9.93. The number of anilines is 2. The van der Waals surface area contributed by atoms with Crippen LogP contribution in [0, 0.1) is 0 Å². The Morgan fingerprint density at radius 1 is 1.57 bits per heavy atom. The van der Waals surface area contributed by atoms with Crippen molar-refractivity contribution in [1.82, 2.24) is 9.97 Å². The second-order valence-electron chi connectivity index (χ2n) is 2.77. The molecule has 3 N–H and O–H groups in total. The Morgan fingerprint density at radius 3 is 2.86 bits per heavy atom. The Hall–Kier alpha value is -1.56. The van der Waals surface area contributed by atoms with Crippen LogP contribution in [0.4, 0.5) is 11.8 Å². The summed E-state index contributed by atoms with van der Waals surface area (Å²) < 4.78 is 4.94. The number of aliphatic hydroxyl groups excluding tert-OH is 1. The van der Waals surface area contributed by atoms with Crippen molar-refractivity contribution in [1.29, 1.82) is 0 Å². The van der Waals surface area contributed by atoms with Gasteiger partial charge < -0.3 is 20.5 Å². The summed E-state index contributed by atoms with van der Waals surface area (Å²) in [4.78, 5) is 9.62. The Morgan fingerprint density at radius 2 is 2.29 bits per heavy atom. The molecule has 1 heterocycles. The van der Waals surface area contributed by atoms with Gasteiger partial charge in [-0.1, -0.05) is 0 Å². The van der Waals surface area contributed by atoms with Gasteiger partial charge in [0.1, 0.15) is 5.82 Å². The van der Waals surface area contributed by atoms with Crippen LogP contribution >= 0.6 is 0 Å². The zero-order valence-corrected chi connectivity index (χ0v) is 8.27. The molecule has 0 aliphatic heterocycles. The molecule has 0 atom stereocenters. The molecule has 14 heavy (non-hydrogen) atoms. The fourth-order valence-corrected chi connectivity index (χ4v) is 0.995. The summed E-state index contributed by atoms with van der Waals surface area (Å²) >= 11 is 0. The van der Waals surface area contributed by atoms with Crippen LogP contribution in [0.1, 0.15) is 0 Å². The average Bonchev–Trinajstić information content (AvgIpc) is 2.17. The lowest BCUT2D eigenvalue weighted by Gasteiger charge is -2.16. The second kappa shape index (κ2) is 4.61. The van der Waals surface area contributed by atoms with Crippen LogP contribution in [0.15, 0.2) is 6.07 Å². The van der Waals surface area contributed by atoms with E-state index in [9.17, 15) is 0 Å². The predicted octanol–water partition coefficient (Wildman–Crippen LogP) is -0.504. The Bertz CT molecular complexity index is 305. The largest absolute Gasteiger partial charge is 0.481 e. The van der Waals surface area contributed by atoms with Crippen molar-refractivity contribution in [2.75, 3.05) is 37.9 Å². The topological polar surface area (TPSA) is 84.5 Å². The lowest BCUT2D eigenvalue weighted by Crippen LogP contribution is -2.22. The molecule has 6 nitrogen and oxygen atoms in total. The number of rotatable bonds is 4. The summed E-state index contributed by atoms with van der Waals surface area (Å²) in [6.45, 7) is 0.544. The lowest BCUT2D eigenvalue weighted by atomic mass is 10.5. The van der Waals surface area contributed by atoms with Gasteiger partial charge in [0, 0.05) is 19.7 Å². The van der Waals surface area contributed by atoms with E-state index in [0.29, 0.717) is 18.2 Å². The standard InChI is InChI=1S/C8H14N4O2/c1-12(3-4-13)6-5-7(14-2)11-8(9)10-6/h5,13H,3-4H2,1-2H3,(H2,9,10,11). The number of nitrogens with two attached hydrogens (primary N) is 1. The van der Waals surface area contributed by atoms with Crippen molar-refractivity contribution in [2.45, 2.75) is 0 Å². The van der Waals surface area contributed by atoms with E-state index in [1.165, 1.54) is 7.11 Å². The molecule has 0 saturated heterocycles. The molecule has 1 rings (SSSR count). The van der Waals surface area contributed by atoms with Gasteiger partial charge in [-0.2, -0.15) is 9.97 Å². The van der Waals surface area contributed by atoms with E-state index in [-0.39, 0.29) is 12.6 Å². The van der Waals surface area contributed by atoms with Crippen molar-refractivity contribution in [3.05, 3.63) is 6.07 Å². The van der Waals surface area contributed by atoms with Gasteiger partial charge in [-0.3, -0.25) is 0 Å². The molecule has 1 aromatic rings. The number of nitrogen functional groups attached to an aromatic ring is 1. The minimum atomic E-state index is 0.0583. The number of hydrogen-bond acceptors (Lipinski definition) is 6. The number of hydrogen-bond donors (Lipinski definition) is 2. The van der Waals surface area contributed by atoms with Gasteiger partial charge in [-0.15, -0.1) is 0 Å². The van der Waals surface area contributed by atoms with E-state index in [2.05, 4.69) is 9.97 Å². The van der Waals surface area contributed by atoms with Crippen molar-refractivity contribution >= 4 is 11.8 Å². The van der Waals surface area contributed by atoms with Crippen LogP contribution in [0.25, 0.3) is 0 Å². The maximum absolute atomic E-state index is 8.75. The van der Waals surface area contributed by atoms with Gasteiger partial charge in [-0.05, 0) is 0 Å². The van der Waals surface area contributed by atoms with Crippen LogP contribution in [0.3, 0.4) is 0 Å². The maximum atomic E-state index is 8.75. The summed E-state index contributed by atoms with van der Waals surface area (Å²) in [5.41, 5.74) is 5.48. The second-order valence-corrected chi connectivity index (χ2v) is 2.77. The van der Waals surface area contributed by atoms with E-state index >= 15 is 0 Å². The number of nitrogens with zero attached hydrogens (tertiary/aromatic N) is 3. The highest BCUT2D eigenvalue weighted by molar-refractivity contribution is 5.44. The molecule has 0 saturated carbocycles. The van der Waals surface area contributed by atoms with Crippen molar-refractivity contribution in [3.8, 4) is 5.88 Å². The van der Waals surface area contributed by atoms with E-state index in [1.54, 1.807) is 18.0 Å². The Kier molecular flexibility index (Phi) is 3.47. The summed E-state index contributed by atoms with van der Waals surface area (Å²) in [7, 11) is 3.31. The van der Waals surface area contributed by atoms with Crippen LogP contribution in [0.5, 0.6) is 5.88 Å². The number of ether oxygens (including phenoxy) is 1. The molecule has 0 aliphatic carbocycles. The average molecular weight is 198 g/mol. The van der Waals surface area contributed by atoms with Gasteiger partial charge in [0.05, 0.1) is 13.7 Å². The quantitative estimate of drug-likeness (QED) is 0.678. The summed E-state index contributed by atoms with van der Waals surface area (Å²) in [5, 5.41) is 8.75. The molecule has 0 radical (unpaired) electrons. The van der Waals surface area contributed by atoms with E-state index in [0.717, 1.165) is 0 Å². The highest BCUT2D eigenvalue weighted by Gasteiger charge is 2.06. The molecule has 0 aromatic carbocycles. The number of aromatic nitrogens is 2. The van der Waals surface area contributed by atoms with Gasteiger partial charge in [0.15, 0.2) is 0 Å². The summed E-state index contributed by atoms with van der Waals surface area (Å²) in [6, 6.07) is 1.66. The van der Waals surface area contributed by atoms with Crippen LogP contribution in [-0.2, 0) is 0 Å². The fourth-order valence-electron chi connectivity index (χ4n) is 0.995. The Labute approximate surface area is 82.3 Å². The minimum absolute atomic E-state index is 0.0583. The van der Waals surface area contributed by atoms with Gasteiger partial charge in [0.2, 0.25) is 11.8 Å². The van der Waals surface area contributed by atoms with E-state index in [1.807, 2.05) is 0 Å². The van der Waals surface area contributed by atoms with Crippen LogP contribution in [0.2, 0.25) is 0 Å². The molecule has 0 spiro atoms. The van der Waals surface area contributed by atoms with Crippen LogP contribution < -0.4 is 15.4 Å². The van der Waals surface area contributed by atoms with Gasteiger partial charge in [-0.25, -0.2) is 0 Å². The molecule has 0 unspecified atom stereocenters. The molecule has 78 valence electrons. The van der Waals surface area contributed by atoms with E-state index < -0.39 is 0 Å². The third-order valence-electron chi connectivity index (χ3n) is 1.74. The minimum Gasteiger partial charge on any atom is -0.481 e. The Balaban J connectivity index is 2.90. The van der Waals surface area contributed by atoms with Crippen LogP contribution in [-0.4, -0.2) is 42.4 Å². The lowest BCUT2D eigenvalue weighted by molar-refractivity contribution is 0.303. The highest BCUT2D eigenvalue weighted by atomic mass is 16.5. The van der Waals surface area contributed by atoms with Crippen molar-refractivity contribution in [3.63, 3.8) is 0 Å². The molecule has 0 amide bonds. The first-order valence-electron chi connectivity index (χ1n) is 4.18. The molecule has 6 heteroatoms. The summed E-state index contributed by atoms with van der Waals surface area (Å²) in [5.74, 6) is 1.20. The highest BCUT2D eigenvalue weighted by Crippen LogP contribution is 2.16. The molecular weight excluding hydrogens is 184 g/mol. The first-order chi connectivity index (χ1) is 6.67. The first-order valence-corrected chi connectivity index (χ1v) is 4.18. The zero-order valence-electron chi connectivity index (χ0n) is 8.27. The molecule has 0 aliphatic rings. The van der Waals surface area contributed by atoms with Gasteiger partial charge in [0.25, 0.3) is 0 Å². The molecule has 1 aromatic heterocycles. The van der Waals surface area contributed by atoms with E-state index in [4.69, 9.17) is 15.6 Å². The summed E-state index contributed by atoms with van der Waals surface area (Å²) in [6.07, 6.45) is 0. The third-order valence-corrected chi connectivity index (χ3v) is 1.74. The zero-order chi connectivity index (χ0) is 10.6. The number of likely N-dealkylation sites (N-methyl/N-ethyl adjacent to an activating group) is 1. The third kappa shape index (κ3) is 2.46. The number of methoxy groups -OCH3 is 1. The molecule has 0 bridgehead atoms. The van der Waals surface area contributed by atoms with Crippen molar-refractivity contribution < 1.29 is 9.84 Å². The SMILES string of the molecule is COc1cc(N(C)CCO)nc(N)n1. The maximum Gasteiger partial charge on any atom is 0.225 e.